The highest BCUT2D eigenvalue weighted by atomic mass is 32.1. The fourth-order valence-electron chi connectivity index (χ4n) is 4.22. The van der Waals surface area contributed by atoms with E-state index in [1.165, 1.54) is 6.92 Å². The topological polar surface area (TPSA) is 91.4 Å². The first-order valence-corrected chi connectivity index (χ1v) is 12.3. The van der Waals surface area contributed by atoms with Gasteiger partial charge in [-0.2, -0.15) is 0 Å². The van der Waals surface area contributed by atoms with Crippen LogP contribution in [0, 0.1) is 12.3 Å². The van der Waals surface area contributed by atoms with Crippen molar-refractivity contribution in [3.63, 3.8) is 0 Å². The Morgan fingerprint density at radius 3 is 2.36 bits per heavy atom. The first-order chi connectivity index (χ1) is 15.5. The van der Waals surface area contributed by atoms with Crippen molar-refractivity contribution in [1.82, 2.24) is 20.5 Å². The molecule has 2 heterocycles. The predicted octanol–water partition coefficient (Wildman–Crippen LogP) is 3.84. The quantitative estimate of drug-likeness (QED) is 0.671. The average molecular weight is 471 g/mol. The number of nitrogens with one attached hydrogen (secondary N) is 2. The Morgan fingerprint density at radius 1 is 1.15 bits per heavy atom. The lowest BCUT2D eigenvalue weighted by Crippen LogP contribution is -2.57. The maximum absolute atomic E-state index is 13.3. The molecule has 8 heteroatoms. The van der Waals surface area contributed by atoms with Crippen molar-refractivity contribution in [2.24, 2.45) is 5.41 Å². The summed E-state index contributed by atoms with van der Waals surface area (Å²) in [7, 11) is 0. The number of hydrogen-bond acceptors (Lipinski definition) is 5. The number of thiazole rings is 1. The molecule has 0 aliphatic carbocycles. The Balaban J connectivity index is 1.69. The van der Waals surface area contributed by atoms with E-state index < -0.39 is 17.5 Å². The molecule has 0 radical (unpaired) electrons. The highest BCUT2D eigenvalue weighted by Gasteiger charge is 2.41. The second-order valence-electron chi connectivity index (χ2n) is 9.81. The van der Waals surface area contributed by atoms with Crippen molar-refractivity contribution in [3.8, 4) is 10.4 Å². The Bertz CT molecular complexity index is 1010. The number of aryl methyl sites for hydroxylation is 1. The molecule has 33 heavy (non-hydrogen) atoms. The van der Waals surface area contributed by atoms with Gasteiger partial charge in [0.05, 0.1) is 22.1 Å². The Hall–Kier alpha value is -2.74. The molecule has 1 aliphatic rings. The standard InChI is InChI=1S/C25H34N4O3S/c1-15(18-9-11-19(12-10-18)21-16(2)26-14-33-21)27-23(31)20-8-7-13-29(20)24(32)22(25(4,5)6)28-17(3)30/h9-12,14-15,20,22H,7-8,13H2,1-6H3,(H,27,31)(H,28,30)/t15-,20-,22?/m0/s1. The van der Waals surface area contributed by atoms with Crippen LogP contribution in [-0.2, 0) is 14.4 Å². The van der Waals surface area contributed by atoms with Crippen LogP contribution >= 0.6 is 11.3 Å². The Labute approximate surface area is 200 Å². The zero-order valence-electron chi connectivity index (χ0n) is 20.3. The number of amides is 3. The van der Waals surface area contributed by atoms with E-state index in [-0.39, 0.29) is 23.8 Å². The molecule has 0 bridgehead atoms. The van der Waals surface area contributed by atoms with Crippen molar-refractivity contribution < 1.29 is 14.4 Å². The maximum atomic E-state index is 13.3. The number of hydrogen-bond donors (Lipinski definition) is 2. The molecule has 7 nitrogen and oxygen atoms in total. The van der Waals surface area contributed by atoms with Crippen LogP contribution in [0.5, 0.6) is 0 Å². The van der Waals surface area contributed by atoms with Gasteiger partial charge >= 0.3 is 0 Å². The van der Waals surface area contributed by atoms with Gasteiger partial charge in [0.1, 0.15) is 12.1 Å². The molecule has 3 atom stereocenters. The molecular weight excluding hydrogens is 436 g/mol. The summed E-state index contributed by atoms with van der Waals surface area (Å²) >= 11 is 1.61. The smallest absolute Gasteiger partial charge is 0.246 e. The van der Waals surface area contributed by atoms with Gasteiger partial charge < -0.3 is 15.5 Å². The lowest BCUT2D eigenvalue weighted by Gasteiger charge is -2.35. The van der Waals surface area contributed by atoms with Crippen LogP contribution in [0.4, 0.5) is 0 Å². The van der Waals surface area contributed by atoms with E-state index in [0.717, 1.165) is 28.1 Å². The van der Waals surface area contributed by atoms with Crippen molar-refractivity contribution >= 4 is 29.1 Å². The van der Waals surface area contributed by atoms with Crippen LogP contribution in [0.1, 0.15) is 64.8 Å². The predicted molar refractivity (Wildman–Crippen MR) is 131 cm³/mol. The average Bonchev–Trinajstić information content (AvgIpc) is 3.40. The monoisotopic (exact) mass is 470 g/mol. The second-order valence-corrected chi connectivity index (χ2v) is 10.7. The highest BCUT2D eigenvalue weighted by molar-refractivity contribution is 7.13. The second kappa shape index (κ2) is 10.0. The van der Waals surface area contributed by atoms with Gasteiger partial charge in [0, 0.05) is 13.5 Å². The Kier molecular flexibility index (Phi) is 7.57. The van der Waals surface area contributed by atoms with Crippen molar-refractivity contribution in [2.75, 3.05) is 6.54 Å². The third-order valence-corrected chi connectivity index (χ3v) is 7.05. The van der Waals surface area contributed by atoms with Crippen LogP contribution in [0.3, 0.4) is 0 Å². The van der Waals surface area contributed by atoms with E-state index in [2.05, 4.69) is 15.6 Å². The SMILES string of the molecule is CC(=O)NC(C(=O)N1CCC[C@H]1C(=O)N[C@@H](C)c1ccc(-c2scnc2C)cc1)C(C)(C)C. The van der Waals surface area contributed by atoms with Gasteiger partial charge in [-0.3, -0.25) is 14.4 Å². The number of nitrogens with zero attached hydrogens (tertiary/aromatic N) is 2. The van der Waals surface area contributed by atoms with E-state index in [9.17, 15) is 14.4 Å². The van der Waals surface area contributed by atoms with Gasteiger partial charge in [0.15, 0.2) is 0 Å². The molecule has 1 unspecified atom stereocenters. The van der Waals surface area contributed by atoms with Crippen LogP contribution in [0.2, 0.25) is 0 Å². The number of aromatic nitrogens is 1. The van der Waals surface area contributed by atoms with Gasteiger partial charge in [0.2, 0.25) is 17.7 Å². The van der Waals surface area contributed by atoms with Gasteiger partial charge in [-0.1, -0.05) is 45.0 Å². The number of carbonyl (C=O) groups excluding carboxylic acids is 3. The van der Waals surface area contributed by atoms with Crippen LogP contribution in [0.25, 0.3) is 10.4 Å². The summed E-state index contributed by atoms with van der Waals surface area (Å²) in [5.74, 6) is -0.618. The third kappa shape index (κ3) is 5.79. The lowest BCUT2D eigenvalue weighted by atomic mass is 9.85. The third-order valence-electron chi connectivity index (χ3n) is 6.08. The minimum Gasteiger partial charge on any atom is -0.348 e. The fourth-order valence-corrected chi connectivity index (χ4v) is 5.03. The first-order valence-electron chi connectivity index (χ1n) is 11.4. The first kappa shape index (κ1) is 24.9. The summed E-state index contributed by atoms with van der Waals surface area (Å²) in [6.07, 6.45) is 1.38. The molecule has 1 aromatic heterocycles. The summed E-state index contributed by atoms with van der Waals surface area (Å²) in [4.78, 5) is 45.2. The molecule has 3 amide bonds. The maximum Gasteiger partial charge on any atom is 0.246 e. The molecular formula is C25H34N4O3S. The zero-order valence-corrected chi connectivity index (χ0v) is 21.1. The summed E-state index contributed by atoms with van der Waals surface area (Å²) in [5.41, 5.74) is 4.49. The van der Waals surface area contributed by atoms with Crippen LogP contribution < -0.4 is 10.6 Å². The lowest BCUT2D eigenvalue weighted by molar-refractivity contribution is -0.143. The summed E-state index contributed by atoms with van der Waals surface area (Å²) < 4.78 is 0. The molecule has 2 N–H and O–H groups in total. The van der Waals surface area contributed by atoms with E-state index in [1.807, 2.05) is 64.4 Å². The molecule has 0 spiro atoms. The normalized spacial score (nSPS) is 18.0. The van der Waals surface area contributed by atoms with Crippen LogP contribution in [-0.4, -0.2) is 46.2 Å². The summed E-state index contributed by atoms with van der Waals surface area (Å²) in [5, 5.41) is 5.85. The number of rotatable bonds is 6. The van der Waals surface area contributed by atoms with Crippen molar-refractivity contribution in [3.05, 3.63) is 41.0 Å². The number of benzene rings is 1. The summed E-state index contributed by atoms with van der Waals surface area (Å²) in [6.45, 7) is 11.6. The van der Waals surface area contributed by atoms with Crippen molar-refractivity contribution in [1.29, 1.82) is 0 Å². The van der Waals surface area contributed by atoms with Crippen LogP contribution in [0.15, 0.2) is 29.8 Å². The molecule has 2 aromatic rings. The molecule has 1 fully saturated rings. The van der Waals surface area contributed by atoms with E-state index in [1.54, 1.807) is 16.2 Å². The van der Waals surface area contributed by atoms with Gasteiger partial charge in [0.25, 0.3) is 0 Å². The molecule has 1 aromatic carbocycles. The van der Waals surface area contributed by atoms with E-state index in [4.69, 9.17) is 0 Å². The van der Waals surface area contributed by atoms with Gasteiger partial charge in [-0.15, -0.1) is 11.3 Å². The fraction of sp³-hybridized carbons (Fsp3) is 0.520. The molecule has 1 aliphatic heterocycles. The molecule has 0 saturated carbocycles. The number of likely N-dealkylation sites (tertiary alicyclic amines) is 1. The minimum atomic E-state index is -0.677. The van der Waals surface area contributed by atoms with E-state index in [0.29, 0.717) is 13.0 Å². The molecule has 3 rings (SSSR count). The van der Waals surface area contributed by atoms with E-state index >= 15 is 0 Å². The number of carbonyl (C=O) groups is 3. The van der Waals surface area contributed by atoms with Gasteiger partial charge in [-0.25, -0.2) is 4.98 Å². The highest BCUT2D eigenvalue weighted by Crippen LogP contribution is 2.29. The molecule has 1 saturated heterocycles. The summed E-state index contributed by atoms with van der Waals surface area (Å²) in [6, 6.07) is 6.73. The minimum absolute atomic E-state index is 0.161. The Morgan fingerprint density at radius 2 is 1.82 bits per heavy atom. The largest absolute Gasteiger partial charge is 0.348 e. The van der Waals surface area contributed by atoms with Crippen molar-refractivity contribution in [2.45, 2.75) is 72.5 Å². The zero-order chi connectivity index (χ0) is 24.3. The molecule has 178 valence electrons. The van der Waals surface area contributed by atoms with Gasteiger partial charge in [-0.05, 0) is 43.2 Å².